The molecule has 2 atom stereocenters. The molecule has 3 rings (SSSR count). The number of nitrogens with zero attached hydrogens (tertiary/aromatic N) is 2. The van der Waals surface area contributed by atoms with Crippen molar-refractivity contribution in [2.75, 3.05) is 53.6 Å². The standard InChI is InChI=1S/C21H34N4O3.HI/c1-4-22-21(24-13-18-14-25-11-5-6-17(25)15-28-18)23-10-9-16-7-8-19(26-2)20(12-16)27-3;/h7-8,12,17-18H,4-6,9-11,13-15H2,1-3H3,(H2,22,23,24);1H. The summed E-state index contributed by atoms with van der Waals surface area (Å²) in [5, 5.41) is 6.74. The van der Waals surface area contributed by atoms with Gasteiger partial charge in [-0.2, -0.15) is 0 Å². The van der Waals surface area contributed by atoms with Gasteiger partial charge in [0.1, 0.15) is 0 Å². The molecule has 8 heteroatoms. The van der Waals surface area contributed by atoms with E-state index in [1.165, 1.54) is 24.9 Å². The molecule has 0 amide bonds. The molecule has 1 aromatic carbocycles. The van der Waals surface area contributed by atoms with Crippen molar-refractivity contribution in [3.63, 3.8) is 0 Å². The molecule has 0 aliphatic carbocycles. The third-order valence-electron chi connectivity index (χ3n) is 5.41. The summed E-state index contributed by atoms with van der Waals surface area (Å²) in [6.45, 7) is 7.45. The number of fused-ring (bicyclic) bond motifs is 1. The third-order valence-corrected chi connectivity index (χ3v) is 5.41. The number of nitrogens with one attached hydrogen (secondary N) is 2. The first kappa shape index (κ1) is 24.0. The molecule has 2 aliphatic rings. The highest BCUT2D eigenvalue weighted by Crippen LogP contribution is 2.27. The Labute approximate surface area is 191 Å². The molecule has 0 radical (unpaired) electrons. The lowest BCUT2D eigenvalue weighted by atomic mass is 10.1. The van der Waals surface area contributed by atoms with Crippen molar-refractivity contribution >= 4 is 29.9 Å². The summed E-state index contributed by atoms with van der Waals surface area (Å²) in [6.07, 6.45) is 3.64. The number of rotatable bonds is 8. The highest BCUT2D eigenvalue weighted by Gasteiger charge is 2.31. The number of morpholine rings is 1. The molecular formula is C21H35IN4O3. The summed E-state index contributed by atoms with van der Waals surface area (Å²) in [5.74, 6) is 2.35. The Morgan fingerprint density at radius 1 is 1.24 bits per heavy atom. The van der Waals surface area contributed by atoms with Crippen molar-refractivity contribution in [3.05, 3.63) is 23.8 Å². The molecule has 2 heterocycles. The summed E-state index contributed by atoms with van der Waals surface area (Å²) in [5.41, 5.74) is 1.19. The van der Waals surface area contributed by atoms with Crippen molar-refractivity contribution in [2.24, 2.45) is 4.99 Å². The van der Waals surface area contributed by atoms with Crippen LogP contribution in [0.5, 0.6) is 11.5 Å². The maximum Gasteiger partial charge on any atom is 0.191 e. The van der Waals surface area contributed by atoms with Crippen LogP contribution in [0.2, 0.25) is 0 Å². The fourth-order valence-electron chi connectivity index (χ4n) is 3.89. The van der Waals surface area contributed by atoms with Crippen LogP contribution < -0.4 is 20.1 Å². The average Bonchev–Trinajstić information content (AvgIpc) is 3.19. The van der Waals surface area contributed by atoms with Crippen LogP contribution in [-0.2, 0) is 11.2 Å². The van der Waals surface area contributed by atoms with E-state index in [0.717, 1.165) is 50.1 Å². The molecular weight excluding hydrogens is 483 g/mol. The Morgan fingerprint density at radius 2 is 2.07 bits per heavy atom. The van der Waals surface area contributed by atoms with Gasteiger partial charge in [-0.05, 0) is 50.4 Å². The lowest BCUT2D eigenvalue weighted by molar-refractivity contribution is -0.0432. The van der Waals surface area contributed by atoms with Gasteiger partial charge in [0, 0.05) is 25.7 Å². The molecule has 0 spiro atoms. The largest absolute Gasteiger partial charge is 0.493 e. The molecule has 2 unspecified atom stereocenters. The molecule has 2 aliphatic heterocycles. The van der Waals surface area contributed by atoms with Gasteiger partial charge in [0.15, 0.2) is 17.5 Å². The topological polar surface area (TPSA) is 67.4 Å². The molecule has 7 nitrogen and oxygen atoms in total. The Bertz CT molecular complexity index is 659. The number of hydrogen-bond donors (Lipinski definition) is 2. The summed E-state index contributed by atoms with van der Waals surface area (Å²) >= 11 is 0. The van der Waals surface area contributed by atoms with Crippen molar-refractivity contribution in [1.29, 1.82) is 0 Å². The monoisotopic (exact) mass is 518 g/mol. The van der Waals surface area contributed by atoms with Crippen LogP contribution in [0, 0.1) is 0 Å². The molecule has 29 heavy (non-hydrogen) atoms. The molecule has 0 saturated carbocycles. The first-order valence-electron chi connectivity index (χ1n) is 10.3. The highest BCUT2D eigenvalue weighted by atomic mass is 127. The second-order valence-corrected chi connectivity index (χ2v) is 7.33. The smallest absolute Gasteiger partial charge is 0.191 e. The maximum atomic E-state index is 6.01. The second-order valence-electron chi connectivity index (χ2n) is 7.33. The second kappa shape index (κ2) is 12.4. The number of benzene rings is 1. The first-order valence-corrected chi connectivity index (χ1v) is 10.3. The van der Waals surface area contributed by atoms with Crippen LogP contribution in [0.1, 0.15) is 25.3 Å². The number of guanidine groups is 1. The fraction of sp³-hybridized carbons (Fsp3) is 0.667. The van der Waals surface area contributed by atoms with Crippen molar-refractivity contribution < 1.29 is 14.2 Å². The van der Waals surface area contributed by atoms with Crippen molar-refractivity contribution in [2.45, 2.75) is 38.3 Å². The number of methoxy groups -OCH3 is 2. The number of aliphatic imine (C=N–C) groups is 1. The van der Waals surface area contributed by atoms with E-state index in [0.29, 0.717) is 12.6 Å². The van der Waals surface area contributed by atoms with E-state index in [9.17, 15) is 0 Å². The van der Waals surface area contributed by atoms with Gasteiger partial charge in [0.05, 0.1) is 33.5 Å². The van der Waals surface area contributed by atoms with E-state index in [-0.39, 0.29) is 30.1 Å². The van der Waals surface area contributed by atoms with Gasteiger partial charge in [-0.25, -0.2) is 0 Å². The van der Waals surface area contributed by atoms with Gasteiger partial charge in [-0.3, -0.25) is 9.89 Å². The van der Waals surface area contributed by atoms with E-state index in [2.05, 4.69) is 28.5 Å². The van der Waals surface area contributed by atoms with Gasteiger partial charge >= 0.3 is 0 Å². The Hall–Kier alpha value is -1.26. The van der Waals surface area contributed by atoms with Crippen LogP contribution in [0.25, 0.3) is 0 Å². The number of ether oxygens (including phenoxy) is 3. The molecule has 1 aromatic rings. The van der Waals surface area contributed by atoms with Gasteiger partial charge < -0.3 is 24.8 Å². The van der Waals surface area contributed by atoms with Crippen LogP contribution in [0.15, 0.2) is 23.2 Å². The van der Waals surface area contributed by atoms with Crippen LogP contribution in [0.4, 0.5) is 0 Å². The minimum atomic E-state index is 0. The molecule has 2 saturated heterocycles. The SMILES string of the molecule is CCNC(=NCC1CN2CCCC2CO1)NCCc1ccc(OC)c(OC)c1.I. The van der Waals surface area contributed by atoms with Crippen LogP contribution in [0.3, 0.4) is 0 Å². The summed E-state index contributed by atoms with van der Waals surface area (Å²) in [7, 11) is 3.31. The van der Waals surface area contributed by atoms with E-state index in [4.69, 9.17) is 19.2 Å². The first-order chi connectivity index (χ1) is 13.7. The summed E-state index contributed by atoms with van der Waals surface area (Å²) in [6, 6.07) is 6.66. The zero-order chi connectivity index (χ0) is 19.8. The molecule has 0 aromatic heterocycles. The predicted molar refractivity (Wildman–Crippen MR) is 127 cm³/mol. The minimum absolute atomic E-state index is 0. The molecule has 164 valence electrons. The molecule has 2 N–H and O–H groups in total. The summed E-state index contributed by atoms with van der Waals surface area (Å²) in [4.78, 5) is 7.30. The molecule has 2 fully saturated rings. The van der Waals surface area contributed by atoms with E-state index in [1.54, 1.807) is 14.2 Å². The minimum Gasteiger partial charge on any atom is -0.493 e. The maximum absolute atomic E-state index is 6.01. The van der Waals surface area contributed by atoms with E-state index < -0.39 is 0 Å². The van der Waals surface area contributed by atoms with Crippen molar-refractivity contribution in [1.82, 2.24) is 15.5 Å². The Morgan fingerprint density at radius 3 is 2.83 bits per heavy atom. The average molecular weight is 518 g/mol. The fourth-order valence-corrected chi connectivity index (χ4v) is 3.89. The van der Waals surface area contributed by atoms with E-state index >= 15 is 0 Å². The summed E-state index contributed by atoms with van der Waals surface area (Å²) < 4.78 is 16.7. The lowest BCUT2D eigenvalue weighted by Crippen LogP contribution is -2.47. The van der Waals surface area contributed by atoms with Crippen molar-refractivity contribution in [3.8, 4) is 11.5 Å². The Kier molecular flexibility index (Phi) is 10.3. The number of hydrogen-bond acceptors (Lipinski definition) is 5. The third kappa shape index (κ3) is 6.89. The van der Waals surface area contributed by atoms with E-state index in [1.807, 2.05) is 12.1 Å². The van der Waals surface area contributed by atoms with Gasteiger partial charge in [0.25, 0.3) is 0 Å². The quantitative estimate of drug-likeness (QED) is 0.313. The van der Waals surface area contributed by atoms with Crippen LogP contribution >= 0.6 is 24.0 Å². The van der Waals surface area contributed by atoms with Gasteiger partial charge in [-0.1, -0.05) is 6.07 Å². The zero-order valence-corrected chi connectivity index (χ0v) is 20.1. The number of halogens is 1. The Balaban J connectivity index is 0.00000300. The lowest BCUT2D eigenvalue weighted by Gasteiger charge is -2.34. The zero-order valence-electron chi connectivity index (χ0n) is 17.8. The van der Waals surface area contributed by atoms with Crippen LogP contribution in [-0.4, -0.2) is 76.6 Å². The highest BCUT2D eigenvalue weighted by molar-refractivity contribution is 14.0. The van der Waals surface area contributed by atoms with Gasteiger partial charge in [-0.15, -0.1) is 24.0 Å². The van der Waals surface area contributed by atoms with Gasteiger partial charge in [0.2, 0.25) is 0 Å². The predicted octanol–water partition coefficient (Wildman–Crippen LogP) is 2.28. The normalized spacial score (nSPS) is 21.8. The molecule has 0 bridgehead atoms.